The Bertz CT molecular complexity index is 261. The molecule has 1 rings (SSSR count). The van der Waals surface area contributed by atoms with Crippen LogP contribution in [0.4, 0.5) is 0 Å². The van der Waals surface area contributed by atoms with Crippen LogP contribution in [0.25, 0.3) is 0 Å². The fraction of sp³-hybridized carbons (Fsp3) is 0.571. The maximum absolute atomic E-state index is 11.2. The van der Waals surface area contributed by atoms with Gasteiger partial charge in [-0.2, -0.15) is 5.10 Å². The molecular formula is C7H11ClN4O. The fourth-order valence-corrected chi connectivity index (χ4v) is 1.05. The van der Waals surface area contributed by atoms with Gasteiger partial charge in [0.1, 0.15) is 12.2 Å². The van der Waals surface area contributed by atoms with Crippen molar-refractivity contribution in [3.05, 3.63) is 12.2 Å². The van der Waals surface area contributed by atoms with Crippen molar-refractivity contribution >= 4 is 17.5 Å². The van der Waals surface area contributed by atoms with Crippen molar-refractivity contribution in [3.63, 3.8) is 0 Å². The first kappa shape index (κ1) is 9.98. The van der Waals surface area contributed by atoms with Gasteiger partial charge in [-0.3, -0.25) is 9.89 Å². The molecule has 0 aliphatic rings. The summed E-state index contributed by atoms with van der Waals surface area (Å²) in [6.07, 6.45) is 1.77. The zero-order chi connectivity index (χ0) is 9.68. The van der Waals surface area contributed by atoms with Gasteiger partial charge in [-0.25, -0.2) is 4.98 Å². The lowest BCUT2D eigenvalue weighted by Crippen LogP contribution is -2.26. The number of H-pyrrole nitrogens is 1. The van der Waals surface area contributed by atoms with Crippen LogP contribution in [0, 0.1) is 0 Å². The number of aromatic amines is 1. The highest BCUT2D eigenvalue weighted by Gasteiger charge is 2.09. The monoisotopic (exact) mass is 202 g/mol. The largest absolute Gasteiger partial charge is 0.338 e. The Kier molecular flexibility index (Phi) is 3.70. The van der Waals surface area contributed by atoms with Crippen molar-refractivity contribution in [1.29, 1.82) is 0 Å². The summed E-state index contributed by atoms with van der Waals surface area (Å²) in [5.74, 6) is 1.02. The lowest BCUT2D eigenvalue weighted by atomic mass is 10.4. The molecule has 1 aromatic rings. The summed E-state index contributed by atoms with van der Waals surface area (Å²) in [5.41, 5.74) is 0. The summed E-state index contributed by atoms with van der Waals surface area (Å²) >= 11 is 5.44. The molecule has 0 radical (unpaired) electrons. The number of aromatic nitrogens is 3. The van der Waals surface area contributed by atoms with Crippen LogP contribution in [-0.2, 0) is 11.3 Å². The summed E-state index contributed by atoms with van der Waals surface area (Å²) < 4.78 is 0. The van der Waals surface area contributed by atoms with Crippen molar-refractivity contribution in [3.8, 4) is 0 Å². The van der Waals surface area contributed by atoms with Gasteiger partial charge in [0, 0.05) is 19.3 Å². The molecule has 1 amide bonds. The maximum atomic E-state index is 11.2. The van der Waals surface area contributed by atoms with Gasteiger partial charge < -0.3 is 4.90 Å². The lowest BCUT2D eigenvalue weighted by molar-refractivity contribution is -0.130. The summed E-state index contributed by atoms with van der Waals surface area (Å²) in [7, 11) is 1.71. The van der Waals surface area contributed by atoms with Crippen LogP contribution in [-0.4, -0.2) is 38.9 Å². The Morgan fingerprint density at radius 2 is 2.54 bits per heavy atom. The minimum atomic E-state index is 0.00593. The number of amides is 1. The number of rotatable bonds is 4. The van der Waals surface area contributed by atoms with Crippen LogP contribution in [0.5, 0.6) is 0 Å². The third-order valence-electron chi connectivity index (χ3n) is 1.59. The highest BCUT2D eigenvalue weighted by Crippen LogP contribution is 1.98. The van der Waals surface area contributed by atoms with Crippen molar-refractivity contribution in [1.82, 2.24) is 20.1 Å². The first-order valence-electron chi connectivity index (χ1n) is 3.88. The van der Waals surface area contributed by atoms with Crippen molar-refractivity contribution in [2.75, 3.05) is 12.9 Å². The average Bonchev–Trinajstić information content (AvgIpc) is 2.57. The average molecular weight is 203 g/mol. The van der Waals surface area contributed by atoms with Gasteiger partial charge in [0.2, 0.25) is 5.91 Å². The van der Waals surface area contributed by atoms with Crippen molar-refractivity contribution < 1.29 is 4.79 Å². The van der Waals surface area contributed by atoms with E-state index in [0.717, 1.165) is 0 Å². The molecule has 0 bridgehead atoms. The van der Waals surface area contributed by atoms with E-state index < -0.39 is 0 Å². The number of hydrogen-bond donors (Lipinski definition) is 1. The lowest BCUT2D eigenvalue weighted by Gasteiger charge is -2.14. The molecule has 0 unspecified atom stereocenters. The number of hydrogen-bond acceptors (Lipinski definition) is 3. The molecule has 72 valence electrons. The molecule has 0 spiro atoms. The number of nitrogens with one attached hydrogen (secondary N) is 1. The van der Waals surface area contributed by atoms with Crippen LogP contribution in [0.3, 0.4) is 0 Å². The van der Waals surface area contributed by atoms with Gasteiger partial charge in [-0.15, -0.1) is 11.6 Å². The third-order valence-corrected chi connectivity index (χ3v) is 1.77. The van der Waals surface area contributed by atoms with E-state index in [1.165, 1.54) is 6.33 Å². The van der Waals surface area contributed by atoms with Crippen molar-refractivity contribution in [2.45, 2.75) is 13.0 Å². The Morgan fingerprint density at radius 3 is 3.08 bits per heavy atom. The third kappa shape index (κ3) is 3.02. The smallest absolute Gasteiger partial charge is 0.223 e. The highest BCUT2D eigenvalue weighted by molar-refractivity contribution is 6.18. The molecule has 1 aromatic heterocycles. The number of carbonyl (C=O) groups is 1. The van der Waals surface area contributed by atoms with Crippen molar-refractivity contribution in [2.24, 2.45) is 0 Å². The van der Waals surface area contributed by atoms with E-state index in [1.807, 2.05) is 0 Å². The Morgan fingerprint density at radius 1 is 1.77 bits per heavy atom. The molecule has 13 heavy (non-hydrogen) atoms. The number of alkyl halides is 1. The standard InChI is InChI=1S/C7H11ClN4O/c1-12(7(13)2-3-8)4-6-9-5-10-11-6/h5H,2-4H2,1H3,(H,9,10,11). The van der Waals surface area contributed by atoms with E-state index in [1.54, 1.807) is 11.9 Å². The van der Waals surface area contributed by atoms with Crippen LogP contribution in [0.15, 0.2) is 6.33 Å². The second kappa shape index (κ2) is 4.81. The molecule has 1 N–H and O–H groups in total. The second-order valence-electron chi connectivity index (χ2n) is 2.62. The predicted molar refractivity (Wildman–Crippen MR) is 48.2 cm³/mol. The van der Waals surface area contributed by atoms with Gasteiger partial charge in [0.25, 0.3) is 0 Å². The number of halogens is 1. The van der Waals surface area contributed by atoms with Crippen LogP contribution >= 0.6 is 11.6 Å². The van der Waals surface area contributed by atoms with Gasteiger partial charge in [0.05, 0.1) is 6.54 Å². The van der Waals surface area contributed by atoms with Gasteiger partial charge in [-0.1, -0.05) is 0 Å². The van der Waals surface area contributed by atoms with E-state index >= 15 is 0 Å². The molecule has 0 fully saturated rings. The molecule has 0 atom stereocenters. The number of nitrogens with zero attached hydrogens (tertiary/aromatic N) is 3. The SMILES string of the molecule is CN(Cc1ncn[nH]1)C(=O)CCCl. The summed E-state index contributed by atoms with van der Waals surface area (Å²) in [6, 6.07) is 0. The molecule has 1 heterocycles. The predicted octanol–water partition coefficient (Wildman–Crippen LogP) is 0.392. The minimum absolute atomic E-state index is 0.00593. The molecule has 5 nitrogen and oxygen atoms in total. The summed E-state index contributed by atoms with van der Waals surface area (Å²) in [5, 5.41) is 6.36. The first-order valence-corrected chi connectivity index (χ1v) is 4.41. The highest BCUT2D eigenvalue weighted by atomic mass is 35.5. The molecule has 6 heteroatoms. The molecule has 0 saturated carbocycles. The molecule has 0 saturated heterocycles. The van der Waals surface area contributed by atoms with E-state index in [0.29, 0.717) is 24.7 Å². The molecule has 0 aliphatic carbocycles. The fourth-order valence-electron chi connectivity index (χ4n) is 0.892. The van der Waals surface area contributed by atoms with Gasteiger partial charge in [0.15, 0.2) is 0 Å². The van der Waals surface area contributed by atoms with E-state index in [2.05, 4.69) is 15.2 Å². The van der Waals surface area contributed by atoms with Gasteiger partial charge >= 0.3 is 0 Å². The summed E-state index contributed by atoms with van der Waals surface area (Å²) in [4.78, 5) is 16.7. The zero-order valence-corrected chi connectivity index (χ0v) is 8.08. The quantitative estimate of drug-likeness (QED) is 0.719. The minimum Gasteiger partial charge on any atom is -0.338 e. The van der Waals surface area contributed by atoms with Crippen LogP contribution in [0.1, 0.15) is 12.2 Å². The van der Waals surface area contributed by atoms with Crippen LogP contribution < -0.4 is 0 Å². The zero-order valence-electron chi connectivity index (χ0n) is 7.33. The number of carbonyl (C=O) groups excluding carboxylic acids is 1. The van der Waals surface area contributed by atoms with Crippen LogP contribution in [0.2, 0.25) is 0 Å². The van der Waals surface area contributed by atoms with E-state index in [-0.39, 0.29) is 5.91 Å². The normalized spacial score (nSPS) is 10.0. The van der Waals surface area contributed by atoms with E-state index in [4.69, 9.17) is 11.6 Å². The Balaban J connectivity index is 2.41. The molecule has 0 aromatic carbocycles. The topological polar surface area (TPSA) is 61.9 Å². The Labute approximate surface area is 81.1 Å². The molecular weight excluding hydrogens is 192 g/mol. The first-order chi connectivity index (χ1) is 6.24. The van der Waals surface area contributed by atoms with Gasteiger partial charge in [-0.05, 0) is 0 Å². The van der Waals surface area contributed by atoms with E-state index in [9.17, 15) is 4.79 Å². The second-order valence-corrected chi connectivity index (χ2v) is 3.00. The summed E-state index contributed by atoms with van der Waals surface area (Å²) in [6.45, 7) is 0.440. The maximum Gasteiger partial charge on any atom is 0.223 e. The molecule has 0 aliphatic heterocycles. The Hall–Kier alpha value is -1.10.